The van der Waals surface area contributed by atoms with Gasteiger partial charge in [-0.2, -0.15) is 5.10 Å². The van der Waals surface area contributed by atoms with E-state index in [1.54, 1.807) is 16.0 Å². The molecule has 2 aromatic heterocycles. The number of hydrogen-bond acceptors (Lipinski definition) is 5. The quantitative estimate of drug-likeness (QED) is 0.780. The van der Waals surface area contributed by atoms with E-state index < -0.39 is 0 Å². The molecule has 2 aromatic rings. The van der Waals surface area contributed by atoms with Gasteiger partial charge in [-0.05, 0) is 11.4 Å². The molecule has 1 atom stereocenters. The van der Waals surface area contributed by atoms with Crippen molar-refractivity contribution in [1.82, 2.24) is 9.78 Å². The van der Waals surface area contributed by atoms with Crippen LogP contribution >= 0.6 is 11.3 Å². The van der Waals surface area contributed by atoms with Crippen LogP contribution in [0.1, 0.15) is 22.8 Å². The number of carbonyl (C=O) groups excluding carboxylic acids is 1. The van der Waals surface area contributed by atoms with Gasteiger partial charge in [-0.15, -0.1) is 11.3 Å². The van der Waals surface area contributed by atoms with Crippen LogP contribution in [0.5, 0.6) is 0 Å². The molecule has 1 aliphatic heterocycles. The molecule has 0 unspecified atom stereocenters. The van der Waals surface area contributed by atoms with Crippen LogP contribution in [-0.4, -0.2) is 27.4 Å². The molecule has 0 aromatic carbocycles. The molecular formula is C12H14N4O2S. The van der Waals surface area contributed by atoms with Gasteiger partial charge in [0.15, 0.2) is 5.82 Å². The number of carbonyl (C=O) groups is 1. The van der Waals surface area contributed by atoms with Gasteiger partial charge in [-0.1, -0.05) is 6.07 Å². The van der Waals surface area contributed by atoms with Crippen molar-refractivity contribution < 1.29 is 9.90 Å². The molecule has 0 fully saturated rings. The van der Waals surface area contributed by atoms with Crippen molar-refractivity contribution in [3.8, 4) is 0 Å². The van der Waals surface area contributed by atoms with Crippen LogP contribution < -0.4 is 11.1 Å². The third kappa shape index (κ3) is 2.00. The number of nitrogens with one attached hydrogen (secondary N) is 1. The van der Waals surface area contributed by atoms with Gasteiger partial charge >= 0.3 is 0 Å². The molecule has 0 spiro atoms. The van der Waals surface area contributed by atoms with Crippen molar-refractivity contribution in [2.24, 2.45) is 0 Å². The fraction of sp³-hybridized carbons (Fsp3) is 0.333. The Morgan fingerprint density at radius 1 is 1.63 bits per heavy atom. The van der Waals surface area contributed by atoms with Crippen LogP contribution in [0.25, 0.3) is 0 Å². The maximum atomic E-state index is 11.8. The van der Waals surface area contributed by atoms with E-state index in [4.69, 9.17) is 10.8 Å². The van der Waals surface area contributed by atoms with Crippen LogP contribution in [0.3, 0.4) is 0 Å². The molecule has 19 heavy (non-hydrogen) atoms. The minimum atomic E-state index is -0.0509. The predicted octanol–water partition coefficient (Wildman–Crippen LogP) is 0.993. The van der Waals surface area contributed by atoms with Crippen LogP contribution in [0.2, 0.25) is 0 Å². The number of anilines is 2. The highest BCUT2D eigenvalue weighted by atomic mass is 32.1. The van der Waals surface area contributed by atoms with E-state index in [1.165, 1.54) is 0 Å². The molecule has 1 aliphatic rings. The number of aromatic nitrogens is 2. The van der Waals surface area contributed by atoms with E-state index in [9.17, 15) is 4.79 Å². The maximum absolute atomic E-state index is 11.8. The van der Waals surface area contributed by atoms with E-state index in [1.807, 2.05) is 17.5 Å². The molecule has 100 valence electrons. The number of nitrogens with zero attached hydrogens (tertiary/aromatic N) is 2. The lowest BCUT2D eigenvalue weighted by molar-refractivity contribution is -0.116. The van der Waals surface area contributed by atoms with Crippen molar-refractivity contribution in [3.63, 3.8) is 0 Å². The van der Waals surface area contributed by atoms with Crippen molar-refractivity contribution >= 4 is 28.9 Å². The first-order chi connectivity index (χ1) is 9.20. The minimum Gasteiger partial charge on any atom is -0.394 e. The van der Waals surface area contributed by atoms with Gasteiger partial charge in [0.1, 0.15) is 5.82 Å². The fourth-order valence-electron chi connectivity index (χ4n) is 2.43. The summed E-state index contributed by atoms with van der Waals surface area (Å²) in [7, 11) is 0. The SMILES string of the molecule is Nc1nn(CCO)c2c1[C@@H](c1cccs1)CC(=O)N2. The van der Waals surface area contributed by atoms with Gasteiger partial charge in [-0.25, -0.2) is 4.68 Å². The second-order valence-electron chi connectivity index (χ2n) is 4.41. The van der Waals surface area contributed by atoms with E-state index in [2.05, 4.69) is 10.4 Å². The van der Waals surface area contributed by atoms with E-state index >= 15 is 0 Å². The summed E-state index contributed by atoms with van der Waals surface area (Å²) in [5, 5.41) is 18.0. The van der Waals surface area contributed by atoms with Gasteiger partial charge in [0.25, 0.3) is 0 Å². The van der Waals surface area contributed by atoms with Gasteiger partial charge < -0.3 is 16.2 Å². The van der Waals surface area contributed by atoms with Crippen LogP contribution in [0.4, 0.5) is 11.6 Å². The summed E-state index contributed by atoms with van der Waals surface area (Å²) < 4.78 is 1.56. The van der Waals surface area contributed by atoms with Crippen molar-refractivity contribution in [1.29, 1.82) is 0 Å². The smallest absolute Gasteiger partial charge is 0.226 e. The van der Waals surface area contributed by atoms with E-state index in [-0.39, 0.29) is 18.4 Å². The Labute approximate surface area is 113 Å². The largest absolute Gasteiger partial charge is 0.394 e. The summed E-state index contributed by atoms with van der Waals surface area (Å²) in [5.74, 6) is 0.934. The molecule has 0 saturated carbocycles. The van der Waals surface area contributed by atoms with Crippen molar-refractivity contribution in [3.05, 3.63) is 28.0 Å². The minimum absolute atomic E-state index is 0.0452. The molecule has 1 amide bonds. The maximum Gasteiger partial charge on any atom is 0.226 e. The number of fused-ring (bicyclic) bond motifs is 1. The Balaban J connectivity index is 2.10. The Morgan fingerprint density at radius 2 is 2.47 bits per heavy atom. The topological polar surface area (TPSA) is 93.2 Å². The molecular weight excluding hydrogens is 264 g/mol. The number of thiophene rings is 1. The lowest BCUT2D eigenvalue weighted by Gasteiger charge is -2.22. The lowest BCUT2D eigenvalue weighted by Crippen LogP contribution is -2.25. The second-order valence-corrected chi connectivity index (χ2v) is 5.39. The van der Waals surface area contributed by atoms with Gasteiger partial charge in [0.2, 0.25) is 5.91 Å². The summed E-state index contributed by atoms with van der Waals surface area (Å²) in [5.41, 5.74) is 6.83. The first-order valence-electron chi connectivity index (χ1n) is 6.01. The Morgan fingerprint density at radius 3 is 3.16 bits per heavy atom. The highest BCUT2D eigenvalue weighted by molar-refractivity contribution is 7.10. The van der Waals surface area contributed by atoms with Gasteiger partial charge in [0.05, 0.1) is 13.2 Å². The Bertz CT molecular complexity index is 606. The van der Waals surface area contributed by atoms with Crippen LogP contribution in [0.15, 0.2) is 17.5 Å². The average molecular weight is 278 g/mol. The van der Waals surface area contributed by atoms with Crippen molar-refractivity contribution in [2.45, 2.75) is 18.9 Å². The zero-order chi connectivity index (χ0) is 13.4. The molecule has 0 bridgehead atoms. The monoisotopic (exact) mass is 278 g/mol. The molecule has 3 heterocycles. The zero-order valence-corrected chi connectivity index (χ0v) is 11.0. The van der Waals surface area contributed by atoms with Gasteiger partial charge in [-0.3, -0.25) is 4.79 Å². The number of aliphatic hydroxyl groups excluding tert-OH is 1. The van der Waals surface area contributed by atoms with Gasteiger partial charge in [0, 0.05) is 22.8 Å². The average Bonchev–Trinajstić information content (AvgIpc) is 2.99. The third-order valence-electron chi connectivity index (χ3n) is 3.21. The Kier molecular flexibility index (Phi) is 3.00. The number of amides is 1. The molecule has 0 aliphatic carbocycles. The Hall–Kier alpha value is -1.86. The number of aliphatic hydroxyl groups is 1. The molecule has 0 saturated heterocycles. The van der Waals surface area contributed by atoms with Crippen LogP contribution in [0, 0.1) is 0 Å². The molecule has 7 heteroatoms. The first kappa shape index (κ1) is 12.2. The van der Waals surface area contributed by atoms with E-state index in [0.29, 0.717) is 24.6 Å². The second kappa shape index (κ2) is 4.67. The number of rotatable bonds is 3. The number of hydrogen-bond donors (Lipinski definition) is 3. The molecule has 3 rings (SSSR count). The normalized spacial score (nSPS) is 18.2. The fourth-order valence-corrected chi connectivity index (χ4v) is 3.27. The predicted molar refractivity (Wildman–Crippen MR) is 73.1 cm³/mol. The summed E-state index contributed by atoms with van der Waals surface area (Å²) in [6.07, 6.45) is 0.378. The lowest BCUT2D eigenvalue weighted by atomic mass is 9.92. The molecule has 6 nitrogen and oxygen atoms in total. The third-order valence-corrected chi connectivity index (χ3v) is 4.20. The van der Waals surface area contributed by atoms with E-state index in [0.717, 1.165) is 10.4 Å². The highest BCUT2D eigenvalue weighted by Gasteiger charge is 2.33. The summed E-state index contributed by atoms with van der Waals surface area (Å²) >= 11 is 1.60. The summed E-state index contributed by atoms with van der Waals surface area (Å²) in [6.45, 7) is 0.268. The molecule has 0 radical (unpaired) electrons. The number of nitrogen functional groups attached to an aromatic ring is 1. The highest BCUT2D eigenvalue weighted by Crippen LogP contribution is 2.41. The van der Waals surface area contributed by atoms with Crippen molar-refractivity contribution in [2.75, 3.05) is 17.7 Å². The number of nitrogens with two attached hydrogens (primary N) is 1. The molecule has 4 N–H and O–H groups in total. The standard InChI is InChI=1S/C12H14N4O2S/c13-11-10-7(8-2-1-5-19-8)6-9(18)14-12(10)16(15-11)3-4-17/h1-2,5,7,17H,3-4,6H2,(H2,13,15)(H,14,18)/t7-/m1/s1. The zero-order valence-electron chi connectivity index (χ0n) is 10.2. The first-order valence-corrected chi connectivity index (χ1v) is 6.89. The van der Waals surface area contributed by atoms with Crippen LogP contribution in [-0.2, 0) is 11.3 Å². The summed E-state index contributed by atoms with van der Waals surface area (Å²) in [6, 6.07) is 3.96. The summed E-state index contributed by atoms with van der Waals surface area (Å²) in [4.78, 5) is 12.9.